The zero-order chi connectivity index (χ0) is 16.9. The maximum atomic E-state index is 5.35. The first-order valence-electron chi connectivity index (χ1n) is 7.98. The van der Waals surface area contributed by atoms with Gasteiger partial charge >= 0.3 is 0 Å². The Morgan fingerprint density at radius 2 is 1.61 bits per heavy atom. The zero-order valence-corrected chi connectivity index (χ0v) is 14.2. The van der Waals surface area contributed by atoms with Crippen molar-refractivity contribution in [2.45, 2.75) is 26.8 Å². The van der Waals surface area contributed by atoms with E-state index in [-0.39, 0.29) is 0 Å². The summed E-state index contributed by atoms with van der Waals surface area (Å²) in [5.41, 5.74) is 10.4. The number of hydrogen-bond donors (Lipinski definition) is 1. The predicted octanol–water partition coefficient (Wildman–Crippen LogP) is 5.54. The smallest absolute Gasteiger partial charge is 0.0178 e. The molecule has 0 saturated heterocycles. The van der Waals surface area contributed by atoms with Gasteiger partial charge in [0, 0.05) is 6.54 Å². The average Bonchev–Trinajstić information content (AvgIpc) is 2.62. The van der Waals surface area contributed by atoms with Gasteiger partial charge in [-0.15, -0.1) is 6.58 Å². The number of rotatable bonds is 5. The first-order valence-corrected chi connectivity index (χ1v) is 7.98. The largest absolute Gasteiger partial charge is 0.326 e. The molecule has 2 aromatic rings. The van der Waals surface area contributed by atoms with E-state index >= 15 is 0 Å². The molecular formula is C22H27N. The highest BCUT2D eigenvalue weighted by atomic mass is 14.5. The maximum absolute atomic E-state index is 5.35. The molecule has 0 aliphatic heterocycles. The van der Waals surface area contributed by atoms with Crippen molar-refractivity contribution < 1.29 is 0 Å². The van der Waals surface area contributed by atoms with Gasteiger partial charge in [-0.2, -0.15) is 0 Å². The minimum atomic E-state index is 0.640. The molecule has 0 atom stereocenters. The van der Waals surface area contributed by atoms with Gasteiger partial charge in [0.25, 0.3) is 0 Å². The number of hydrogen-bond acceptors (Lipinski definition) is 1. The van der Waals surface area contributed by atoms with Crippen LogP contribution in [-0.4, -0.2) is 0 Å². The Bertz CT molecular complexity index is 619. The van der Waals surface area contributed by atoms with Crippen molar-refractivity contribution in [2.24, 2.45) is 5.73 Å². The second kappa shape index (κ2) is 11.2. The van der Waals surface area contributed by atoms with Gasteiger partial charge in [-0.25, -0.2) is 0 Å². The molecule has 1 nitrogen and oxygen atoms in total. The van der Waals surface area contributed by atoms with E-state index in [1.165, 1.54) is 22.3 Å². The molecule has 0 unspecified atom stereocenters. The standard InChI is InChI=1S/C15H18.C7H9N/c1-4-7-13-9-11-15(12-10-13)14(6-3)8-5-2;8-6-7-4-2-1-3-5-7/h4-6,8-12H,1,7H2,2-3H3;1-5H,6,8H2/b8-5-,14-6+;. The van der Waals surface area contributed by atoms with Gasteiger partial charge in [0.05, 0.1) is 0 Å². The third-order valence-electron chi connectivity index (χ3n) is 3.40. The van der Waals surface area contributed by atoms with E-state index in [4.69, 9.17) is 5.73 Å². The second-order valence-electron chi connectivity index (χ2n) is 5.12. The molecule has 0 saturated carbocycles. The van der Waals surface area contributed by atoms with Crippen molar-refractivity contribution in [1.29, 1.82) is 0 Å². The summed E-state index contributed by atoms with van der Waals surface area (Å²) >= 11 is 0. The van der Waals surface area contributed by atoms with Crippen LogP contribution in [-0.2, 0) is 13.0 Å². The van der Waals surface area contributed by atoms with Crippen LogP contribution in [0.1, 0.15) is 30.5 Å². The summed E-state index contributed by atoms with van der Waals surface area (Å²) in [5, 5.41) is 0. The average molecular weight is 305 g/mol. The van der Waals surface area contributed by atoms with Crippen LogP contribution in [0.4, 0.5) is 0 Å². The summed E-state index contributed by atoms with van der Waals surface area (Å²) < 4.78 is 0. The van der Waals surface area contributed by atoms with Crippen LogP contribution < -0.4 is 5.73 Å². The molecule has 0 spiro atoms. The quantitative estimate of drug-likeness (QED) is 0.569. The van der Waals surface area contributed by atoms with Crippen LogP contribution in [0.15, 0.2) is 85.5 Å². The molecule has 0 heterocycles. The molecule has 2 N–H and O–H groups in total. The van der Waals surface area contributed by atoms with Gasteiger partial charge in [-0.05, 0) is 42.5 Å². The zero-order valence-electron chi connectivity index (χ0n) is 14.2. The van der Waals surface area contributed by atoms with Gasteiger partial charge in [-0.3, -0.25) is 0 Å². The molecule has 0 bridgehead atoms. The minimum absolute atomic E-state index is 0.640. The Labute approximate surface area is 140 Å². The predicted molar refractivity (Wildman–Crippen MR) is 103 cm³/mol. The third kappa shape index (κ3) is 6.94. The van der Waals surface area contributed by atoms with Crippen LogP contribution in [0.2, 0.25) is 0 Å². The van der Waals surface area contributed by atoms with E-state index < -0.39 is 0 Å². The molecule has 0 fully saturated rings. The van der Waals surface area contributed by atoms with Gasteiger partial charge in [0.2, 0.25) is 0 Å². The van der Waals surface area contributed by atoms with E-state index in [0.29, 0.717) is 6.54 Å². The molecule has 2 aromatic carbocycles. The molecular weight excluding hydrogens is 278 g/mol. The monoisotopic (exact) mass is 305 g/mol. The van der Waals surface area contributed by atoms with E-state index in [1.807, 2.05) is 43.3 Å². The minimum Gasteiger partial charge on any atom is -0.326 e. The highest BCUT2D eigenvalue weighted by Crippen LogP contribution is 2.16. The van der Waals surface area contributed by atoms with Gasteiger partial charge < -0.3 is 5.73 Å². The lowest BCUT2D eigenvalue weighted by Gasteiger charge is -2.03. The van der Waals surface area contributed by atoms with Gasteiger partial charge in [0.1, 0.15) is 0 Å². The van der Waals surface area contributed by atoms with Crippen LogP contribution >= 0.6 is 0 Å². The van der Waals surface area contributed by atoms with Crippen LogP contribution in [0.25, 0.3) is 5.57 Å². The van der Waals surface area contributed by atoms with E-state index in [0.717, 1.165) is 6.42 Å². The summed E-state index contributed by atoms with van der Waals surface area (Å²) in [7, 11) is 0. The highest BCUT2D eigenvalue weighted by molar-refractivity contribution is 5.73. The van der Waals surface area contributed by atoms with Crippen molar-refractivity contribution in [2.75, 3.05) is 0 Å². The fourth-order valence-electron chi connectivity index (χ4n) is 2.15. The van der Waals surface area contributed by atoms with Crippen molar-refractivity contribution >= 4 is 5.57 Å². The Balaban J connectivity index is 0.000000277. The molecule has 120 valence electrons. The number of nitrogens with two attached hydrogens (primary N) is 1. The Hall–Kier alpha value is -2.38. The van der Waals surface area contributed by atoms with Crippen molar-refractivity contribution in [3.05, 3.63) is 102 Å². The van der Waals surface area contributed by atoms with Crippen molar-refractivity contribution in [3.8, 4) is 0 Å². The Kier molecular flexibility index (Phi) is 9.11. The molecule has 0 aromatic heterocycles. The molecule has 0 aliphatic rings. The third-order valence-corrected chi connectivity index (χ3v) is 3.40. The van der Waals surface area contributed by atoms with Crippen LogP contribution in [0.3, 0.4) is 0 Å². The molecule has 0 radical (unpaired) electrons. The van der Waals surface area contributed by atoms with E-state index in [9.17, 15) is 0 Å². The SMILES string of the molecule is C=CCc1ccc(C(/C=C\C)=C/C)cc1.NCc1ccccc1. The molecule has 2 rings (SSSR count). The topological polar surface area (TPSA) is 26.0 Å². The first kappa shape index (κ1) is 18.7. The lowest BCUT2D eigenvalue weighted by Crippen LogP contribution is -1.94. The fraction of sp³-hybridized carbons (Fsp3) is 0.182. The van der Waals surface area contributed by atoms with Crippen LogP contribution in [0, 0.1) is 0 Å². The molecule has 0 amide bonds. The van der Waals surface area contributed by atoms with E-state index in [2.05, 4.69) is 56.0 Å². The summed E-state index contributed by atoms with van der Waals surface area (Å²) in [6.45, 7) is 8.48. The van der Waals surface area contributed by atoms with Crippen molar-refractivity contribution in [1.82, 2.24) is 0 Å². The number of benzene rings is 2. The Morgan fingerprint density at radius 1 is 0.957 bits per heavy atom. The van der Waals surface area contributed by atoms with Crippen LogP contribution in [0.5, 0.6) is 0 Å². The molecule has 23 heavy (non-hydrogen) atoms. The lowest BCUT2D eigenvalue weighted by molar-refractivity contribution is 1.07. The molecule has 0 aliphatic carbocycles. The van der Waals surface area contributed by atoms with E-state index in [1.54, 1.807) is 0 Å². The normalized spacial score (nSPS) is 11.0. The lowest BCUT2D eigenvalue weighted by atomic mass is 10.0. The van der Waals surface area contributed by atoms with Crippen molar-refractivity contribution in [3.63, 3.8) is 0 Å². The summed E-state index contributed by atoms with van der Waals surface area (Å²) in [6.07, 6.45) is 9.19. The first-order chi connectivity index (χ1) is 11.2. The maximum Gasteiger partial charge on any atom is 0.0178 e. The summed E-state index contributed by atoms with van der Waals surface area (Å²) in [6, 6.07) is 18.6. The summed E-state index contributed by atoms with van der Waals surface area (Å²) in [4.78, 5) is 0. The highest BCUT2D eigenvalue weighted by Gasteiger charge is 1.96. The fourth-order valence-corrected chi connectivity index (χ4v) is 2.15. The number of allylic oxidation sites excluding steroid dienone is 5. The Morgan fingerprint density at radius 3 is 2.04 bits per heavy atom. The summed E-state index contributed by atoms with van der Waals surface area (Å²) in [5.74, 6) is 0. The van der Waals surface area contributed by atoms with Gasteiger partial charge in [0.15, 0.2) is 0 Å². The molecule has 1 heteroatoms. The van der Waals surface area contributed by atoms with Gasteiger partial charge in [-0.1, -0.05) is 78.9 Å². The second-order valence-corrected chi connectivity index (χ2v) is 5.12.